The molecule has 1 unspecified atom stereocenters. The van der Waals surface area contributed by atoms with Crippen molar-refractivity contribution < 1.29 is 14.5 Å². The van der Waals surface area contributed by atoms with E-state index < -0.39 is 0 Å². The minimum atomic E-state index is -0.342. The molecule has 5 nitrogen and oxygen atoms in total. The van der Waals surface area contributed by atoms with Crippen molar-refractivity contribution in [2.45, 2.75) is 57.7 Å². The number of hydrogen-bond acceptors (Lipinski definition) is 2. The molecule has 0 bridgehead atoms. The maximum Gasteiger partial charge on any atom is 0.321 e. The summed E-state index contributed by atoms with van der Waals surface area (Å²) in [6.45, 7) is 3.67. The predicted octanol–water partition coefficient (Wildman–Crippen LogP) is 0.785. The molecule has 3 amide bonds. The number of benzene rings is 1. The second kappa shape index (κ2) is 7.13. The number of rotatable bonds is 3. The summed E-state index contributed by atoms with van der Waals surface area (Å²) in [6, 6.07) is 8.06. The van der Waals surface area contributed by atoms with E-state index in [1.54, 1.807) is 0 Å². The molecule has 2 aliphatic rings. The highest BCUT2D eigenvalue weighted by Gasteiger charge is 2.30. The van der Waals surface area contributed by atoms with Gasteiger partial charge in [0.15, 0.2) is 6.04 Å². The maximum absolute atomic E-state index is 12.3. The summed E-state index contributed by atoms with van der Waals surface area (Å²) in [6.07, 6.45) is 5.34. The van der Waals surface area contributed by atoms with Crippen LogP contribution in [-0.4, -0.2) is 30.6 Å². The molecule has 1 saturated carbocycles. The van der Waals surface area contributed by atoms with Gasteiger partial charge in [-0.3, -0.25) is 10.1 Å². The third kappa shape index (κ3) is 3.91. The highest BCUT2D eigenvalue weighted by Crippen LogP contribution is 2.17. The maximum atomic E-state index is 12.3. The zero-order valence-corrected chi connectivity index (χ0v) is 13.7. The first-order valence-corrected chi connectivity index (χ1v) is 8.66. The van der Waals surface area contributed by atoms with Crippen LogP contribution in [0.1, 0.15) is 43.7 Å². The average Bonchev–Trinajstić information content (AvgIpc) is 3.06. The molecule has 0 spiro atoms. The van der Waals surface area contributed by atoms with Crippen molar-refractivity contribution in [3.05, 3.63) is 35.4 Å². The Kier molecular flexibility index (Phi) is 4.96. The molecule has 3 N–H and O–H groups in total. The SMILES string of the molecule is C[C@H](C(=O)NC(=O)NC1CCCC1)[NH+]1CCc2ccccc2C1. The largest absolute Gasteiger partial charge is 0.335 e. The summed E-state index contributed by atoms with van der Waals surface area (Å²) < 4.78 is 0. The van der Waals surface area contributed by atoms with Gasteiger partial charge < -0.3 is 10.2 Å². The number of amides is 3. The number of fused-ring (bicyclic) bond motifs is 1. The lowest BCUT2D eigenvalue weighted by atomic mass is 9.99. The quantitative estimate of drug-likeness (QED) is 0.772. The van der Waals surface area contributed by atoms with Crippen LogP contribution in [0.15, 0.2) is 24.3 Å². The van der Waals surface area contributed by atoms with E-state index in [-0.39, 0.29) is 24.0 Å². The molecular formula is C18H26N3O2+. The van der Waals surface area contributed by atoms with E-state index in [4.69, 9.17) is 0 Å². The minimum absolute atomic E-state index is 0.185. The summed E-state index contributed by atoms with van der Waals surface area (Å²) in [5, 5.41) is 5.42. The van der Waals surface area contributed by atoms with Gasteiger partial charge in [0.25, 0.3) is 5.91 Å². The van der Waals surface area contributed by atoms with Gasteiger partial charge in [-0.2, -0.15) is 0 Å². The molecule has 1 aromatic rings. The standard InChI is InChI=1S/C18H25N3O2/c1-13(17(22)20-18(23)19-16-8-4-5-9-16)21-11-10-14-6-2-3-7-15(14)12-21/h2-3,6-7,13,16H,4-5,8-12H2,1H3,(H2,19,20,22,23)/p+1/t13-/m1/s1. The Hall–Kier alpha value is -1.88. The fraction of sp³-hybridized carbons (Fsp3) is 0.556. The van der Waals surface area contributed by atoms with Crippen LogP contribution >= 0.6 is 0 Å². The fourth-order valence-corrected chi connectivity index (χ4v) is 3.67. The van der Waals surface area contributed by atoms with Gasteiger partial charge in [-0.25, -0.2) is 4.79 Å². The van der Waals surface area contributed by atoms with Gasteiger partial charge in [0, 0.05) is 18.0 Å². The van der Waals surface area contributed by atoms with Gasteiger partial charge in [0.1, 0.15) is 6.54 Å². The van der Waals surface area contributed by atoms with Gasteiger partial charge in [-0.05, 0) is 25.3 Å². The monoisotopic (exact) mass is 316 g/mol. The summed E-state index contributed by atoms with van der Waals surface area (Å²) >= 11 is 0. The molecular weight excluding hydrogens is 290 g/mol. The topological polar surface area (TPSA) is 62.6 Å². The van der Waals surface area contributed by atoms with Crippen molar-refractivity contribution in [1.29, 1.82) is 0 Å². The van der Waals surface area contributed by atoms with Crippen LogP contribution in [0.4, 0.5) is 4.79 Å². The molecule has 0 aromatic heterocycles. The molecule has 2 atom stereocenters. The number of quaternary nitrogens is 1. The first kappa shape index (κ1) is 16.0. The first-order chi connectivity index (χ1) is 11.1. The molecule has 5 heteroatoms. The number of urea groups is 1. The van der Waals surface area contributed by atoms with Crippen molar-refractivity contribution in [3.63, 3.8) is 0 Å². The van der Waals surface area contributed by atoms with Crippen LogP contribution in [0.5, 0.6) is 0 Å². The molecule has 3 rings (SSSR count). The average molecular weight is 316 g/mol. The second-order valence-electron chi connectivity index (χ2n) is 6.77. The first-order valence-electron chi connectivity index (χ1n) is 8.66. The number of nitrogens with one attached hydrogen (secondary N) is 3. The van der Waals surface area contributed by atoms with Gasteiger partial charge in [-0.1, -0.05) is 37.1 Å². The Morgan fingerprint density at radius 2 is 1.87 bits per heavy atom. The lowest BCUT2D eigenvalue weighted by Gasteiger charge is -2.29. The second-order valence-corrected chi connectivity index (χ2v) is 6.77. The predicted molar refractivity (Wildman–Crippen MR) is 88.1 cm³/mol. The number of hydrogen-bond donors (Lipinski definition) is 3. The lowest BCUT2D eigenvalue weighted by molar-refractivity contribution is -0.929. The van der Waals surface area contributed by atoms with E-state index in [9.17, 15) is 9.59 Å². The lowest BCUT2D eigenvalue weighted by Crippen LogP contribution is -3.16. The highest BCUT2D eigenvalue weighted by atomic mass is 16.2. The van der Waals surface area contributed by atoms with Gasteiger partial charge in [-0.15, -0.1) is 0 Å². The van der Waals surface area contributed by atoms with E-state index in [2.05, 4.69) is 28.8 Å². The molecule has 1 aliphatic carbocycles. The van der Waals surface area contributed by atoms with Gasteiger partial charge in [0.05, 0.1) is 6.54 Å². The summed E-state index contributed by atoms with van der Waals surface area (Å²) in [5.41, 5.74) is 2.69. The molecule has 1 fully saturated rings. The van der Waals surface area contributed by atoms with Crippen LogP contribution in [0.2, 0.25) is 0 Å². The molecule has 124 valence electrons. The Labute approximate surface area is 137 Å². The van der Waals surface area contributed by atoms with Gasteiger partial charge in [0.2, 0.25) is 0 Å². The zero-order chi connectivity index (χ0) is 16.2. The summed E-state index contributed by atoms with van der Waals surface area (Å²) in [4.78, 5) is 25.5. The molecule has 23 heavy (non-hydrogen) atoms. The Morgan fingerprint density at radius 1 is 1.17 bits per heavy atom. The molecule has 1 aromatic carbocycles. The smallest absolute Gasteiger partial charge is 0.321 e. The zero-order valence-electron chi connectivity index (χ0n) is 13.7. The minimum Gasteiger partial charge on any atom is -0.335 e. The normalized spacial score (nSPS) is 22.2. The molecule has 1 heterocycles. The highest BCUT2D eigenvalue weighted by molar-refractivity contribution is 5.96. The van der Waals surface area contributed by atoms with E-state index in [1.807, 2.05) is 13.0 Å². The van der Waals surface area contributed by atoms with Crippen LogP contribution in [0, 0.1) is 0 Å². The van der Waals surface area contributed by atoms with Crippen LogP contribution in [0.3, 0.4) is 0 Å². The summed E-state index contributed by atoms with van der Waals surface area (Å²) in [7, 11) is 0. The van der Waals surface area contributed by atoms with Crippen LogP contribution < -0.4 is 15.5 Å². The van der Waals surface area contributed by atoms with Crippen molar-refractivity contribution in [2.75, 3.05) is 6.54 Å². The number of carbonyl (C=O) groups is 2. The molecule has 0 saturated heterocycles. The van der Waals surface area contributed by atoms with Crippen LogP contribution in [-0.2, 0) is 17.8 Å². The van der Waals surface area contributed by atoms with Gasteiger partial charge >= 0.3 is 6.03 Å². The van der Waals surface area contributed by atoms with Crippen molar-refractivity contribution >= 4 is 11.9 Å². The van der Waals surface area contributed by atoms with Crippen LogP contribution in [0.25, 0.3) is 0 Å². The van der Waals surface area contributed by atoms with E-state index in [1.165, 1.54) is 16.0 Å². The van der Waals surface area contributed by atoms with Crippen molar-refractivity contribution in [2.24, 2.45) is 0 Å². The Bertz CT molecular complexity index is 581. The van der Waals surface area contributed by atoms with Crippen molar-refractivity contribution in [3.8, 4) is 0 Å². The number of carbonyl (C=O) groups excluding carboxylic acids is 2. The van der Waals surface area contributed by atoms with E-state index in [0.29, 0.717) is 0 Å². The Balaban J connectivity index is 1.52. The van der Waals surface area contributed by atoms with Crippen molar-refractivity contribution in [1.82, 2.24) is 10.6 Å². The molecule has 0 radical (unpaired) electrons. The van der Waals surface area contributed by atoms with E-state index >= 15 is 0 Å². The summed E-state index contributed by atoms with van der Waals surface area (Å²) in [5.74, 6) is -0.185. The fourth-order valence-electron chi connectivity index (χ4n) is 3.67. The third-order valence-electron chi connectivity index (χ3n) is 5.18. The van der Waals surface area contributed by atoms with E-state index in [0.717, 1.165) is 45.2 Å². The number of imide groups is 1. The Morgan fingerprint density at radius 3 is 2.61 bits per heavy atom. The third-order valence-corrected chi connectivity index (χ3v) is 5.18. The molecule has 1 aliphatic heterocycles.